The molecule has 1 aliphatic rings. The summed E-state index contributed by atoms with van der Waals surface area (Å²) in [7, 11) is 0. The molecule has 0 saturated carbocycles. The van der Waals surface area contributed by atoms with Crippen LogP contribution in [0.4, 0.5) is 5.82 Å². The van der Waals surface area contributed by atoms with Gasteiger partial charge in [-0.25, -0.2) is 4.98 Å². The summed E-state index contributed by atoms with van der Waals surface area (Å²) in [5, 5.41) is 6.10. The van der Waals surface area contributed by atoms with Crippen molar-refractivity contribution in [3.63, 3.8) is 0 Å². The third kappa shape index (κ3) is 2.95. The molecule has 6 heteroatoms. The van der Waals surface area contributed by atoms with Crippen molar-refractivity contribution >= 4 is 44.3 Å². The number of hydrogen-bond donors (Lipinski definition) is 0. The Bertz CT molecular complexity index is 826. The van der Waals surface area contributed by atoms with Gasteiger partial charge in [0.25, 0.3) is 0 Å². The minimum absolute atomic E-state index is 0.487. The number of rotatable bonds is 2. The largest absolute Gasteiger partial charge is 0.356 e. The van der Waals surface area contributed by atoms with Gasteiger partial charge >= 0.3 is 0 Å². The van der Waals surface area contributed by atoms with Gasteiger partial charge in [0, 0.05) is 35.3 Å². The molecule has 0 unspecified atom stereocenters. The molecule has 0 aliphatic carbocycles. The highest BCUT2D eigenvalue weighted by Gasteiger charge is 2.21. The van der Waals surface area contributed by atoms with Gasteiger partial charge in [0.05, 0.1) is 16.6 Å². The second-order valence-corrected chi connectivity index (χ2v) is 7.16. The van der Waals surface area contributed by atoms with Gasteiger partial charge in [-0.1, -0.05) is 27.5 Å². The smallest absolute Gasteiger partial charge is 0.129 e. The van der Waals surface area contributed by atoms with Crippen molar-refractivity contribution in [1.29, 1.82) is 0 Å². The molecule has 3 aromatic rings. The zero-order chi connectivity index (χ0) is 15.8. The molecule has 0 spiro atoms. The van der Waals surface area contributed by atoms with E-state index in [4.69, 9.17) is 16.6 Å². The van der Waals surface area contributed by atoms with Crippen LogP contribution in [0.2, 0.25) is 5.02 Å². The Kier molecular flexibility index (Phi) is 3.99. The topological polar surface area (TPSA) is 34.0 Å². The fourth-order valence-electron chi connectivity index (χ4n) is 3.18. The molecule has 1 aromatic carbocycles. The molecule has 1 aliphatic heterocycles. The number of nitrogens with zero attached hydrogens (tertiary/aromatic N) is 4. The van der Waals surface area contributed by atoms with Crippen molar-refractivity contribution in [1.82, 2.24) is 14.8 Å². The number of anilines is 1. The lowest BCUT2D eigenvalue weighted by Crippen LogP contribution is -2.35. The number of pyridine rings is 1. The van der Waals surface area contributed by atoms with E-state index in [-0.39, 0.29) is 0 Å². The van der Waals surface area contributed by atoms with Crippen molar-refractivity contribution in [3.8, 4) is 0 Å². The van der Waals surface area contributed by atoms with Crippen LogP contribution in [-0.2, 0) is 0 Å². The average molecular weight is 392 g/mol. The monoisotopic (exact) mass is 390 g/mol. The number of piperidine rings is 1. The molecule has 1 saturated heterocycles. The quantitative estimate of drug-likeness (QED) is 0.635. The second-order valence-electron chi connectivity index (χ2n) is 5.83. The van der Waals surface area contributed by atoms with Gasteiger partial charge < -0.3 is 4.90 Å². The van der Waals surface area contributed by atoms with Crippen LogP contribution in [0.15, 0.2) is 47.2 Å². The van der Waals surface area contributed by atoms with Crippen LogP contribution in [0.1, 0.15) is 18.9 Å². The van der Waals surface area contributed by atoms with E-state index < -0.39 is 0 Å². The summed E-state index contributed by atoms with van der Waals surface area (Å²) in [5.74, 6) is 1.00. The third-order valence-corrected chi connectivity index (χ3v) is 5.13. The molecule has 118 valence electrons. The number of fused-ring (bicyclic) bond motifs is 1. The number of aromatic nitrogens is 3. The van der Waals surface area contributed by atoms with Gasteiger partial charge in [-0.05, 0) is 43.2 Å². The van der Waals surface area contributed by atoms with Crippen LogP contribution >= 0.6 is 27.5 Å². The first-order chi connectivity index (χ1) is 11.2. The molecule has 1 fully saturated rings. The summed E-state index contributed by atoms with van der Waals surface area (Å²) in [6.07, 6.45) is 6.05. The number of benzene rings is 1. The Morgan fingerprint density at radius 3 is 2.74 bits per heavy atom. The molecule has 0 bridgehead atoms. The first-order valence-electron chi connectivity index (χ1n) is 7.70. The van der Waals surface area contributed by atoms with Crippen LogP contribution in [-0.4, -0.2) is 27.9 Å². The van der Waals surface area contributed by atoms with Crippen LogP contribution in [0.3, 0.4) is 0 Å². The SMILES string of the molecule is Clc1cc(Br)cc2ccc(N3CCC(n4cccn4)CC3)nc12. The van der Waals surface area contributed by atoms with Crippen molar-refractivity contribution < 1.29 is 0 Å². The predicted molar refractivity (Wildman–Crippen MR) is 97.2 cm³/mol. The van der Waals surface area contributed by atoms with E-state index in [0.29, 0.717) is 11.1 Å². The molecule has 4 nitrogen and oxygen atoms in total. The summed E-state index contributed by atoms with van der Waals surface area (Å²) < 4.78 is 3.05. The number of hydrogen-bond acceptors (Lipinski definition) is 3. The Hall–Kier alpha value is -1.59. The summed E-state index contributed by atoms with van der Waals surface area (Å²) in [4.78, 5) is 7.11. The van der Waals surface area contributed by atoms with Gasteiger partial charge in [-0.2, -0.15) is 5.10 Å². The van der Waals surface area contributed by atoms with Crippen LogP contribution in [0.25, 0.3) is 10.9 Å². The minimum Gasteiger partial charge on any atom is -0.356 e. The average Bonchev–Trinajstić information content (AvgIpc) is 3.09. The van der Waals surface area contributed by atoms with Gasteiger partial charge in [-0.3, -0.25) is 4.68 Å². The molecule has 0 N–H and O–H groups in total. The highest BCUT2D eigenvalue weighted by atomic mass is 79.9. The van der Waals surface area contributed by atoms with Gasteiger partial charge in [0.15, 0.2) is 0 Å². The van der Waals surface area contributed by atoms with Gasteiger partial charge in [0.1, 0.15) is 5.82 Å². The van der Waals surface area contributed by atoms with E-state index in [9.17, 15) is 0 Å². The standard InChI is InChI=1S/C17H16BrClN4/c18-13-10-12-2-3-16(21-17(12)15(19)11-13)22-8-4-14(5-9-22)23-7-1-6-20-23/h1-3,6-7,10-11,14H,4-5,8-9H2. The van der Waals surface area contributed by atoms with E-state index in [1.807, 2.05) is 30.6 Å². The maximum Gasteiger partial charge on any atom is 0.129 e. The number of halogens is 2. The van der Waals surface area contributed by atoms with E-state index in [1.165, 1.54) is 0 Å². The Morgan fingerprint density at radius 1 is 1.17 bits per heavy atom. The van der Waals surface area contributed by atoms with E-state index in [1.54, 1.807) is 0 Å². The van der Waals surface area contributed by atoms with Gasteiger partial charge in [-0.15, -0.1) is 0 Å². The zero-order valence-corrected chi connectivity index (χ0v) is 14.8. The van der Waals surface area contributed by atoms with Crippen molar-refractivity contribution in [3.05, 3.63) is 52.2 Å². The second kappa shape index (κ2) is 6.13. The minimum atomic E-state index is 0.487. The highest BCUT2D eigenvalue weighted by Crippen LogP contribution is 2.30. The summed E-state index contributed by atoms with van der Waals surface area (Å²) >= 11 is 9.81. The molecule has 0 amide bonds. The molecular formula is C17H16BrClN4. The summed E-state index contributed by atoms with van der Waals surface area (Å²) in [6, 6.07) is 10.6. The molecule has 2 aromatic heterocycles. The molecular weight excluding hydrogens is 376 g/mol. The zero-order valence-electron chi connectivity index (χ0n) is 12.5. The van der Waals surface area contributed by atoms with E-state index in [0.717, 1.165) is 47.1 Å². The predicted octanol–water partition coefficient (Wildman–Crippen LogP) is 4.69. The lowest BCUT2D eigenvalue weighted by atomic mass is 10.1. The first kappa shape index (κ1) is 15.0. The van der Waals surface area contributed by atoms with Gasteiger partial charge in [0.2, 0.25) is 0 Å². The van der Waals surface area contributed by atoms with Crippen molar-refractivity contribution in [2.45, 2.75) is 18.9 Å². The molecule has 0 atom stereocenters. The Labute approximate surface area is 148 Å². The maximum atomic E-state index is 6.34. The lowest BCUT2D eigenvalue weighted by Gasteiger charge is -2.33. The third-order valence-electron chi connectivity index (χ3n) is 4.38. The van der Waals surface area contributed by atoms with Crippen molar-refractivity contribution in [2.24, 2.45) is 0 Å². The maximum absolute atomic E-state index is 6.34. The fourth-order valence-corrected chi connectivity index (χ4v) is 4.06. The molecule has 0 radical (unpaired) electrons. The fraction of sp³-hybridized carbons (Fsp3) is 0.294. The normalized spacial score (nSPS) is 16.2. The molecule has 23 heavy (non-hydrogen) atoms. The highest BCUT2D eigenvalue weighted by molar-refractivity contribution is 9.10. The van der Waals surface area contributed by atoms with E-state index in [2.05, 4.69) is 42.7 Å². The first-order valence-corrected chi connectivity index (χ1v) is 8.88. The Balaban J connectivity index is 1.56. The summed E-state index contributed by atoms with van der Waals surface area (Å²) in [6.45, 7) is 1.97. The Morgan fingerprint density at radius 2 is 2.00 bits per heavy atom. The van der Waals surface area contributed by atoms with Crippen LogP contribution in [0.5, 0.6) is 0 Å². The summed E-state index contributed by atoms with van der Waals surface area (Å²) in [5.41, 5.74) is 0.863. The van der Waals surface area contributed by atoms with Crippen LogP contribution < -0.4 is 4.90 Å². The molecule has 3 heterocycles. The van der Waals surface area contributed by atoms with Crippen molar-refractivity contribution in [2.75, 3.05) is 18.0 Å². The lowest BCUT2D eigenvalue weighted by molar-refractivity contribution is 0.366. The van der Waals surface area contributed by atoms with Crippen LogP contribution in [0, 0.1) is 0 Å². The van der Waals surface area contributed by atoms with E-state index >= 15 is 0 Å². The molecule has 4 rings (SSSR count).